The van der Waals surface area contributed by atoms with E-state index in [0.29, 0.717) is 4.88 Å². The molecule has 110 valence electrons. The lowest BCUT2D eigenvalue weighted by atomic mass is 10.3. The Morgan fingerprint density at radius 1 is 1.63 bits per heavy atom. The number of thiazole rings is 1. The van der Waals surface area contributed by atoms with Gasteiger partial charge in [-0.15, -0.1) is 11.3 Å². The van der Waals surface area contributed by atoms with E-state index in [9.17, 15) is 13.5 Å². The van der Waals surface area contributed by atoms with Crippen LogP contribution in [-0.4, -0.2) is 31.0 Å². The quantitative estimate of drug-likeness (QED) is 0.604. The summed E-state index contributed by atoms with van der Waals surface area (Å²) in [6.07, 6.45) is 0.813. The summed E-state index contributed by atoms with van der Waals surface area (Å²) in [5.74, 6) is -1.41. The van der Waals surface area contributed by atoms with Gasteiger partial charge in [0.1, 0.15) is 13.0 Å². The number of aryl methyl sites for hydroxylation is 1. The molecule has 1 aromatic rings. The number of rotatable bonds is 7. The first-order chi connectivity index (χ1) is 8.57. The molecule has 0 aliphatic carbocycles. The molecule has 19 heavy (non-hydrogen) atoms. The van der Waals surface area contributed by atoms with Gasteiger partial charge in [-0.05, 0) is 20.8 Å². The van der Waals surface area contributed by atoms with Crippen LogP contribution < -0.4 is 10.5 Å². The lowest BCUT2D eigenvalue weighted by Gasteiger charge is -2.25. The van der Waals surface area contributed by atoms with Crippen molar-refractivity contribution in [3.63, 3.8) is 0 Å². The van der Waals surface area contributed by atoms with Crippen LogP contribution >= 0.6 is 11.3 Å². The molecule has 1 unspecified atom stereocenters. The standard InChI is InChI=1S/C9H17N3O5S2/c1-6-11-4-7(18-6)8(17-9(2,3)13)12-5-16-19(10,14)15/h4,8,12-13H,5H2,1-3H3,(H2,10,14,15). The molecule has 0 bridgehead atoms. The van der Waals surface area contributed by atoms with Crippen LogP contribution in [0.25, 0.3) is 0 Å². The topological polar surface area (TPSA) is 124 Å². The van der Waals surface area contributed by atoms with Crippen molar-refractivity contribution in [2.75, 3.05) is 6.73 Å². The van der Waals surface area contributed by atoms with Gasteiger partial charge in [0.2, 0.25) is 0 Å². The van der Waals surface area contributed by atoms with Crippen molar-refractivity contribution < 1.29 is 22.4 Å². The third-order valence-corrected chi connectivity index (χ3v) is 3.20. The fraction of sp³-hybridized carbons (Fsp3) is 0.667. The van der Waals surface area contributed by atoms with Crippen LogP contribution in [0.1, 0.15) is 30.0 Å². The van der Waals surface area contributed by atoms with Crippen molar-refractivity contribution in [2.45, 2.75) is 32.8 Å². The largest absolute Gasteiger partial charge is 0.366 e. The van der Waals surface area contributed by atoms with Crippen LogP contribution in [0.15, 0.2) is 6.20 Å². The van der Waals surface area contributed by atoms with Gasteiger partial charge in [0.25, 0.3) is 0 Å². The van der Waals surface area contributed by atoms with Crippen LogP contribution in [0.5, 0.6) is 0 Å². The van der Waals surface area contributed by atoms with E-state index in [1.54, 1.807) is 6.20 Å². The molecule has 4 N–H and O–H groups in total. The van der Waals surface area contributed by atoms with Gasteiger partial charge < -0.3 is 9.84 Å². The highest BCUT2D eigenvalue weighted by molar-refractivity contribution is 7.84. The highest BCUT2D eigenvalue weighted by Crippen LogP contribution is 2.25. The van der Waals surface area contributed by atoms with E-state index in [0.717, 1.165) is 5.01 Å². The van der Waals surface area contributed by atoms with E-state index in [4.69, 9.17) is 9.88 Å². The van der Waals surface area contributed by atoms with Crippen molar-refractivity contribution in [2.24, 2.45) is 5.14 Å². The summed E-state index contributed by atoms with van der Waals surface area (Å²) in [5, 5.41) is 17.8. The summed E-state index contributed by atoms with van der Waals surface area (Å²) in [6, 6.07) is 0. The number of nitrogens with one attached hydrogen (secondary N) is 1. The number of aromatic nitrogens is 1. The molecule has 0 aromatic carbocycles. The summed E-state index contributed by atoms with van der Waals surface area (Å²) in [5.41, 5.74) is 0. The Morgan fingerprint density at radius 3 is 2.68 bits per heavy atom. The van der Waals surface area contributed by atoms with Gasteiger partial charge in [-0.3, -0.25) is 5.32 Å². The predicted octanol–water partition coefficient (Wildman–Crippen LogP) is -0.0377. The molecule has 0 amide bonds. The minimum Gasteiger partial charge on any atom is -0.366 e. The van der Waals surface area contributed by atoms with E-state index in [1.165, 1.54) is 25.2 Å². The molecule has 1 aromatic heterocycles. The molecule has 0 fully saturated rings. The number of nitrogens with zero attached hydrogens (tertiary/aromatic N) is 1. The van der Waals surface area contributed by atoms with Gasteiger partial charge >= 0.3 is 10.3 Å². The Bertz CT molecular complexity index is 508. The predicted molar refractivity (Wildman–Crippen MR) is 69.2 cm³/mol. The van der Waals surface area contributed by atoms with Crippen LogP contribution in [0, 0.1) is 6.92 Å². The monoisotopic (exact) mass is 311 g/mol. The molecular weight excluding hydrogens is 294 g/mol. The fourth-order valence-corrected chi connectivity index (χ4v) is 2.20. The van der Waals surface area contributed by atoms with Gasteiger partial charge in [-0.1, -0.05) is 0 Å². The van der Waals surface area contributed by atoms with Crippen molar-refractivity contribution >= 4 is 21.6 Å². The molecule has 1 atom stereocenters. The molecule has 8 nitrogen and oxygen atoms in total. The molecule has 0 radical (unpaired) electrons. The van der Waals surface area contributed by atoms with Gasteiger partial charge in [-0.25, -0.2) is 14.3 Å². The Hall–Kier alpha value is -0.620. The molecule has 10 heteroatoms. The normalized spacial score (nSPS) is 14.6. The maximum absolute atomic E-state index is 10.7. The molecule has 0 saturated heterocycles. The number of aliphatic hydroxyl groups is 1. The number of nitrogens with two attached hydrogens (primary N) is 1. The van der Waals surface area contributed by atoms with Gasteiger partial charge in [0.15, 0.2) is 5.79 Å². The Morgan fingerprint density at radius 2 is 2.26 bits per heavy atom. The highest BCUT2D eigenvalue weighted by atomic mass is 32.2. The van der Waals surface area contributed by atoms with Gasteiger partial charge in [0.05, 0.1) is 9.88 Å². The lowest BCUT2D eigenvalue weighted by molar-refractivity contribution is -0.216. The average molecular weight is 311 g/mol. The van der Waals surface area contributed by atoms with Crippen LogP contribution in [0.2, 0.25) is 0 Å². The van der Waals surface area contributed by atoms with Crippen molar-refractivity contribution in [1.29, 1.82) is 0 Å². The Balaban J connectivity index is 2.70. The maximum Gasteiger partial charge on any atom is 0.334 e. The lowest BCUT2D eigenvalue weighted by Crippen LogP contribution is -2.35. The second kappa shape index (κ2) is 6.22. The third-order valence-electron chi connectivity index (χ3n) is 1.80. The van der Waals surface area contributed by atoms with Gasteiger partial charge in [0, 0.05) is 6.20 Å². The van der Waals surface area contributed by atoms with Crippen LogP contribution in [-0.2, 0) is 19.2 Å². The second-order valence-electron chi connectivity index (χ2n) is 4.19. The number of ether oxygens (including phenoxy) is 1. The summed E-state index contributed by atoms with van der Waals surface area (Å²) in [4.78, 5) is 4.74. The SMILES string of the molecule is Cc1ncc(C(NCOS(N)(=O)=O)OC(C)(C)O)s1. The van der Waals surface area contributed by atoms with Crippen molar-refractivity contribution in [1.82, 2.24) is 10.3 Å². The van der Waals surface area contributed by atoms with Gasteiger partial charge in [-0.2, -0.15) is 8.42 Å². The van der Waals surface area contributed by atoms with E-state index < -0.39 is 22.3 Å². The second-order valence-corrected chi connectivity index (χ2v) is 6.67. The first-order valence-electron chi connectivity index (χ1n) is 5.30. The third kappa shape index (κ3) is 6.92. The fourth-order valence-electron chi connectivity index (χ4n) is 1.18. The zero-order valence-corrected chi connectivity index (χ0v) is 12.4. The first-order valence-corrected chi connectivity index (χ1v) is 7.59. The minimum atomic E-state index is -4.03. The highest BCUT2D eigenvalue weighted by Gasteiger charge is 2.23. The minimum absolute atomic E-state index is 0.378. The average Bonchev–Trinajstić information content (AvgIpc) is 2.59. The number of hydrogen-bond donors (Lipinski definition) is 3. The zero-order valence-electron chi connectivity index (χ0n) is 10.8. The summed E-state index contributed by atoms with van der Waals surface area (Å²) in [7, 11) is -4.03. The van der Waals surface area contributed by atoms with Crippen LogP contribution in [0.3, 0.4) is 0 Å². The molecule has 0 spiro atoms. The molecule has 0 aliphatic rings. The molecule has 1 rings (SSSR count). The molecule has 0 aliphatic heterocycles. The van der Waals surface area contributed by atoms with E-state index in [2.05, 4.69) is 14.5 Å². The van der Waals surface area contributed by atoms with E-state index >= 15 is 0 Å². The molecule has 0 saturated carbocycles. The Labute approximate surface area is 115 Å². The smallest absolute Gasteiger partial charge is 0.334 e. The van der Waals surface area contributed by atoms with Crippen molar-refractivity contribution in [3.8, 4) is 0 Å². The maximum atomic E-state index is 10.7. The van der Waals surface area contributed by atoms with E-state index in [1.807, 2.05) is 6.92 Å². The van der Waals surface area contributed by atoms with E-state index in [-0.39, 0.29) is 6.73 Å². The first kappa shape index (κ1) is 16.4. The van der Waals surface area contributed by atoms with Crippen molar-refractivity contribution in [3.05, 3.63) is 16.1 Å². The Kier molecular flexibility index (Phi) is 5.38. The summed E-state index contributed by atoms with van der Waals surface area (Å²) in [6.45, 7) is 4.35. The number of hydrogen-bond acceptors (Lipinski definition) is 8. The molecule has 1 heterocycles. The summed E-state index contributed by atoms with van der Waals surface area (Å²) >= 11 is 1.35. The zero-order chi connectivity index (χ0) is 14.7. The van der Waals surface area contributed by atoms with Crippen LogP contribution in [0.4, 0.5) is 0 Å². The molecular formula is C9H17N3O5S2. The summed E-state index contributed by atoms with van der Waals surface area (Å²) < 4.78 is 31.0.